The Hall–Kier alpha value is -6.32. The van der Waals surface area contributed by atoms with Gasteiger partial charge >= 0.3 is 12.2 Å². The molecule has 2 amide bonds. The molecule has 8 rings (SSSR count). The number of H-pyrrole nitrogens is 1. The number of aromatic nitrogens is 2. The molecule has 0 spiro atoms. The third kappa shape index (κ3) is 8.01. The quantitative estimate of drug-likeness (QED) is 0.178. The summed E-state index contributed by atoms with van der Waals surface area (Å²) in [5, 5.41) is 0. The highest BCUT2D eigenvalue weighted by molar-refractivity contribution is 5.99. The van der Waals surface area contributed by atoms with Gasteiger partial charge in [-0.2, -0.15) is 0 Å². The number of piperidine rings is 2. The fourth-order valence-electron chi connectivity index (χ4n) is 7.48. The summed E-state index contributed by atoms with van der Waals surface area (Å²) in [5.41, 5.74) is 8.30. The lowest BCUT2D eigenvalue weighted by atomic mass is 9.95. The Balaban J connectivity index is 0.910. The molecular formula is C45H41N5O4. The normalized spacial score (nSPS) is 17.7. The van der Waals surface area contributed by atoms with E-state index in [9.17, 15) is 9.59 Å². The number of hydrogen-bond donors (Lipinski definition) is 1. The van der Waals surface area contributed by atoms with E-state index in [-0.39, 0.29) is 37.5 Å². The van der Waals surface area contributed by atoms with Crippen molar-refractivity contribution >= 4 is 34.6 Å². The van der Waals surface area contributed by atoms with Gasteiger partial charge < -0.3 is 14.5 Å². The highest BCUT2D eigenvalue weighted by Gasteiger charge is 2.34. The fourth-order valence-corrected chi connectivity index (χ4v) is 7.48. The summed E-state index contributed by atoms with van der Waals surface area (Å²) < 4.78 is 11.4. The lowest BCUT2D eigenvalue weighted by Gasteiger charge is -2.35. The number of ether oxygens (including phenoxy) is 2. The molecule has 1 aromatic heterocycles. The number of rotatable bonds is 6. The number of benzene rings is 4. The van der Waals surface area contributed by atoms with Crippen LogP contribution >= 0.6 is 0 Å². The third-order valence-electron chi connectivity index (χ3n) is 10.3. The lowest BCUT2D eigenvalue weighted by Crippen LogP contribution is -2.48. The molecule has 4 heterocycles. The van der Waals surface area contributed by atoms with E-state index in [1.54, 1.807) is 4.90 Å². The van der Waals surface area contributed by atoms with E-state index in [0.717, 1.165) is 94.6 Å². The molecule has 2 fully saturated rings. The summed E-state index contributed by atoms with van der Waals surface area (Å²) in [6.45, 7) is 1.80. The Kier molecular flexibility index (Phi) is 10.4. The number of likely N-dealkylation sites (tertiary alicyclic amines) is 2. The second-order valence-electron chi connectivity index (χ2n) is 14.0. The first kappa shape index (κ1) is 34.7. The Labute approximate surface area is 315 Å². The van der Waals surface area contributed by atoms with E-state index in [1.807, 2.05) is 95.9 Å². The molecule has 5 aromatic rings. The zero-order valence-electron chi connectivity index (χ0n) is 30.1. The topological polar surface area (TPSA) is 100 Å². The molecule has 3 aliphatic heterocycles. The Morgan fingerprint density at radius 2 is 1.30 bits per heavy atom. The lowest BCUT2D eigenvalue weighted by molar-refractivity contribution is 0.0661. The summed E-state index contributed by atoms with van der Waals surface area (Å²) in [5.74, 6) is 13.1. The van der Waals surface area contributed by atoms with E-state index in [2.05, 4.69) is 34.7 Å². The van der Waals surface area contributed by atoms with Crippen molar-refractivity contribution in [2.24, 2.45) is 4.99 Å². The molecule has 2 atom stereocenters. The molecule has 0 bridgehead atoms. The van der Waals surface area contributed by atoms with E-state index in [0.29, 0.717) is 19.5 Å². The number of carbonyl (C=O) groups is 2. The predicted octanol–water partition coefficient (Wildman–Crippen LogP) is 8.65. The fraction of sp³-hybridized carbons (Fsp3) is 0.289. The molecule has 0 saturated carbocycles. The molecule has 2 saturated heterocycles. The standard InChI is InChI=1S/C45H41N5O4/c51-44(53-30-34-15-3-1-4-16-34)49-25-11-9-19-41(49)40-29-36-23-21-32(27-38(36)46-40)13-7-8-14-33-22-24-37-39(28-33)48-43(47-37)42-20-10-12-26-50(42)45(52)54-31-35-17-5-2-6-18-35/h1-6,15-18,21-24,27-28,41-42H,9-12,19-20,25-26,29-31H2,(H,47,48)/t41-,42-/m0/s1. The summed E-state index contributed by atoms with van der Waals surface area (Å²) in [6.07, 6.45) is 5.77. The van der Waals surface area contributed by atoms with Crippen molar-refractivity contribution < 1.29 is 19.1 Å². The molecule has 4 aromatic carbocycles. The van der Waals surface area contributed by atoms with Crippen molar-refractivity contribution in [3.63, 3.8) is 0 Å². The van der Waals surface area contributed by atoms with Crippen molar-refractivity contribution in [1.82, 2.24) is 19.8 Å². The van der Waals surface area contributed by atoms with Gasteiger partial charge in [-0.3, -0.25) is 14.8 Å². The first-order valence-electron chi connectivity index (χ1n) is 18.7. The van der Waals surface area contributed by atoms with Crippen LogP contribution in [0.4, 0.5) is 15.3 Å². The first-order chi connectivity index (χ1) is 26.6. The van der Waals surface area contributed by atoms with Crippen molar-refractivity contribution in [2.75, 3.05) is 13.1 Å². The number of aliphatic imine (C=N–C) groups is 1. The van der Waals surface area contributed by atoms with Gasteiger partial charge in [-0.25, -0.2) is 14.6 Å². The van der Waals surface area contributed by atoms with Crippen LogP contribution in [0.2, 0.25) is 0 Å². The van der Waals surface area contributed by atoms with Gasteiger partial charge in [0.25, 0.3) is 0 Å². The van der Waals surface area contributed by atoms with Crippen molar-refractivity contribution in [2.45, 2.75) is 70.2 Å². The summed E-state index contributed by atoms with van der Waals surface area (Å²) in [7, 11) is 0. The number of nitrogens with zero attached hydrogens (tertiary/aromatic N) is 4. The van der Waals surface area contributed by atoms with E-state index < -0.39 is 0 Å². The van der Waals surface area contributed by atoms with Crippen molar-refractivity contribution in [1.29, 1.82) is 0 Å². The Morgan fingerprint density at radius 3 is 1.96 bits per heavy atom. The zero-order chi connectivity index (χ0) is 36.7. The van der Waals surface area contributed by atoms with Gasteiger partial charge in [0.05, 0.1) is 28.8 Å². The number of hydrogen-bond acceptors (Lipinski definition) is 6. The number of imidazole rings is 1. The highest BCUT2D eigenvalue weighted by Crippen LogP contribution is 2.33. The van der Waals surface area contributed by atoms with Crippen LogP contribution in [0.25, 0.3) is 11.0 Å². The van der Waals surface area contributed by atoms with Gasteiger partial charge in [0.1, 0.15) is 19.0 Å². The molecule has 0 unspecified atom stereocenters. The van der Waals surface area contributed by atoms with Crippen LogP contribution in [-0.4, -0.2) is 56.8 Å². The number of fused-ring (bicyclic) bond motifs is 2. The van der Waals surface area contributed by atoms with Gasteiger partial charge in [-0.15, -0.1) is 0 Å². The smallest absolute Gasteiger partial charge is 0.410 e. The second-order valence-corrected chi connectivity index (χ2v) is 14.0. The average molecular weight is 716 g/mol. The number of amides is 2. The Bertz CT molecular complexity index is 2310. The molecule has 54 heavy (non-hydrogen) atoms. The number of aromatic amines is 1. The molecule has 1 N–H and O–H groups in total. The highest BCUT2D eigenvalue weighted by atomic mass is 16.6. The summed E-state index contributed by atoms with van der Waals surface area (Å²) in [6, 6.07) is 31.2. The van der Waals surface area contributed by atoms with Gasteiger partial charge in [0.15, 0.2) is 0 Å². The molecular weight excluding hydrogens is 675 g/mol. The average Bonchev–Trinajstić information content (AvgIpc) is 3.85. The first-order valence-corrected chi connectivity index (χ1v) is 18.7. The van der Waals surface area contributed by atoms with Crippen LogP contribution in [0.1, 0.15) is 78.2 Å². The third-order valence-corrected chi connectivity index (χ3v) is 10.3. The molecule has 3 aliphatic rings. The van der Waals surface area contributed by atoms with Gasteiger partial charge in [-0.05, 0) is 97.4 Å². The van der Waals surface area contributed by atoms with Crippen molar-refractivity contribution in [3.05, 3.63) is 131 Å². The zero-order valence-corrected chi connectivity index (χ0v) is 30.1. The minimum Gasteiger partial charge on any atom is -0.445 e. The summed E-state index contributed by atoms with van der Waals surface area (Å²) in [4.78, 5) is 43.2. The predicted molar refractivity (Wildman–Crippen MR) is 208 cm³/mol. The van der Waals surface area contributed by atoms with Crippen LogP contribution in [0, 0.1) is 23.7 Å². The van der Waals surface area contributed by atoms with Crippen LogP contribution in [0.5, 0.6) is 0 Å². The van der Waals surface area contributed by atoms with Gasteiger partial charge in [0.2, 0.25) is 0 Å². The van der Waals surface area contributed by atoms with Crippen LogP contribution < -0.4 is 0 Å². The minimum absolute atomic E-state index is 0.0684. The molecule has 0 aliphatic carbocycles. The second kappa shape index (κ2) is 16.1. The van der Waals surface area contributed by atoms with E-state index >= 15 is 0 Å². The largest absolute Gasteiger partial charge is 0.445 e. The Morgan fingerprint density at radius 1 is 0.704 bits per heavy atom. The summed E-state index contributed by atoms with van der Waals surface area (Å²) >= 11 is 0. The van der Waals surface area contributed by atoms with E-state index in [4.69, 9.17) is 19.5 Å². The number of carbonyl (C=O) groups excluding carboxylic acids is 2. The molecule has 9 heteroatoms. The maximum Gasteiger partial charge on any atom is 0.410 e. The monoisotopic (exact) mass is 715 g/mol. The maximum atomic E-state index is 13.1. The number of nitrogens with one attached hydrogen (secondary N) is 1. The molecule has 0 radical (unpaired) electrons. The molecule has 9 nitrogen and oxygen atoms in total. The van der Waals surface area contributed by atoms with Gasteiger partial charge in [0, 0.05) is 36.3 Å². The van der Waals surface area contributed by atoms with Crippen LogP contribution in [-0.2, 0) is 29.1 Å². The van der Waals surface area contributed by atoms with Crippen LogP contribution in [0.3, 0.4) is 0 Å². The van der Waals surface area contributed by atoms with Crippen LogP contribution in [0.15, 0.2) is 102 Å². The maximum absolute atomic E-state index is 13.1. The van der Waals surface area contributed by atoms with E-state index in [1.165, 1.54) is 0 Å². The molecule has 270 valence electrons. The van der Waals surface area contributed by atoms with Gasteiger partial charge in [-0.1, -0.05) is 78.6 Å². The minimum atomic E-state index is -0.322. The SMILES string of the molecule is O=C(OCc1ccccc1)N1CCCC[C@H]1C1=Nc2cc(C#CC#Cc3ccc4nc([C@@H]5CCCCN5C(=O)OCc5ccccc5)[nH]c4c3)ccc2C1. The van der Waals surface area contributed by atoms with Crippen molar-refractivity contribution in [3.8, 4) is 23.7 Å².